The highest BCUT2D eigenvalue weighted by molar-refractivity contribution is 5.99. The predicted octanol–water partition coefficient (Wildman–Crippen LogP) is 2.99. The molecule has 0 saturated carbocycles. The van der Waals surface area contributed by atoms with E-state index >= 15 is 0 Å². The molecule has 1 aromatic heterocycles. The van der Waals surface area contributed by atoms with Gasteiger partial charge in [0.15, 0.2) is 0 Å². The lowest BCUT2D eigenvalue weighted by Gasteiger charge is -2.09. The Morgan fingerprint density at radius 3 is 2.71 bits per heavy atom. The molecule has 2 aromatic rings. The molecular formula is C14H13F3N2O2. The van der Waals surface area contributed by atoms with Crippen molar-refractivity contribution in [2.75, 3.05) is 7.11 Å². The van der Waals surface area contributed by atoms with Crippen LogP contribution >= 0.6 is 0 Å². The van der Waals surface area contributed by atoms with E-state index in [0.29, 0.717) is 5.75 Å². The van der Waals surface area contributed by atoms with Gasteiger partial charge in [0.1, 0.15) is 5.75 Å². The number of nitrogens with zero attached hydrogens (tertiary/aromatic N) is 2. The third kappa shape index (κ3) is 3.42. The fraction of sp³-hybridized carbons (Fsp3) is 0.286. The molecule has 1 aromatic carbocycles. The lowest BCUT2D eigenvalue weighted by molar-refractivity contribution is -0.0885. The highest BCUT2D eigenvalue weighted by atomic mass is 19.4. The summed E-state index contributed by atoms with van der Waals surface area (Å²) in [4.78, 5) is 11.1. The molecular weight excluding hydrogens is 285 g/mol. The van der Waals surface area contributed by atoms with Crippen LogP contribution in [0, 0.1) is 6.92 Å². The molecule has 0 bridgehead atoms. The molecule has 2 rings (SSSR count). The second-order valence-electron chi connectivity index (χ2n) is 4.57. The maximum absolute atomic E-state index is 12.3. The number of aromatic nitrogens is 2. The molecule has 112 valence electrons. The number of benzene rings is 1. The van der Waals surface area contributed by atoms with E-state index in [1.54, 1.807) is 6.07 Å². The highest BCUT2D eigenvalue weighted by Gasteiger charge is 2.39. The Labute approximate surface area is 119 Å². The van der Waals surface area contributed by atoms with Gasteiger partial charge in [0, 0.05) is 11.8 Å². The SMILES string of the molecule is COc1ccc(C)cc1Cn1cc(C(=O)C(F)(F)F)cn1. The molecule has 4 nitrogen and oxygen atoms in total. The number of alkyl halides is 3. The molecule has 0 aliphatic carbocycles. The zero-order valence-electron chi connectivity index (χ0n) is 11.4. The summed E-state index contributed by atoms with van der Waals surface area (Å²) < 4.78 is 43.5. The third-order valence-corrected chi connectivity index (χ3v) is 2.92. The number of ether oxygens (including phenoxy) is 1. The van der Waals surface area contributed by atoms with Gasteiger partial charge >= 0.3 is 6.18 Å². The Balaban J connectivity index is 2.24. The van der Waals surface area contributed by atoms with Gasteiger partial charge in [-0.15, -0.1) is 0 Å². The van der Waals surface area contributed by atoms with E-state index in [1.165, 1.54) is 11.8 Å². The number of aryl methyl sites for hydroxylation is 1. The maximum atomic E-state index is 12.3. The van der Waals surface area contributed by atoms with Crippen molar-refractivity contribution in [3.05, 3.63) is 47.3 Å². The molecule has 0 fully saturated rings. The smallest absolute Gasteiger partial charge is 0.454 e. The van der Waals surface area contributed by atoms with Gasteiger partial charge in [-0.3, -0.25) is 9.48 Å². The van der Waals surface area contributed by atoms with Crippen molar-refractivity contribution in [1.82, 2.24) is 9.78 Å². The summed E-state index contributed by atoms with van der Waals surface area (Å²) in [5.74, 6) is -1.29. The van der Waals surface area contributed by atoms with Gasteiger partial charge in [0.05, 0.1) is 25.4 Å². The van der Waals surface area contributed by atoms with Crippen LogP contribution in [0.1, 0.15) is 21.5 Å². The first-order chi connectivity index (χ1) is 9.81. The van der Waals surface area contributed by atoms with Crippen LogP contribution in [0.4, 0.5) is 13.2 Å². The molecule has 21 heavy (non-hydrogen) atoms. The number of Topliss-reactive ketones (excluding diaryl/α,β-unsaturated/α-hetero) is 1. The topological polar surface area (TPSA) is 44.1 Å². The summed E-state index contributed by atoms with van der Waals surface area (Å²) in [6.07, 6.45) is -2.90. The van der Waals surface area contributed by atoms with Crippen LogP contribution < -0.4 is 4.74 Å². The predicted molar refractivity (Wildman–Crippen MR) is 69.4 cm³/mol. The summed E-state index contributed by atoms with van der Waals surface area (Å²) in [5.41, 5.74) is 1.28. The zero-order valence-corrected chi connectivity index (χ0v) is 11.4. The second kappa shape index (κ2) is 5.59. The standard InChI is InChI=1S/C14H13F3N2O2/c1-9-3-4-12(21-2)10(5-9)7-19-8-11(6-18-19)13(20)14(15,16)17/h3-6,8H,7H2,1-2H3. The molecule has 0 atom stereocenters. The minimum Gasteiger partial charge on any atom is -0.496 e. The van der Waals surface area contributed by atoms with Gasteiger partial charge in [0.2, 0.25) is 0 Å². The first-order valence-electron chi connectivity index (χ1n) is 6.09. The number of carbonyl (C=O) groups is 1. The van der Waals surface area contributed by atoms with Crippen LogP contribution in [0.2, 0.25) is 0 Å². The largest absolute Gasteiger partial charge is 0.496 e. The van der Waals surface area contributed by atoms with Crippen molar-refractivity contribution < 1.29 is 22.7 Å². The molecule has 0 radical (unpaired) electrons. The summed E-state index contributed by atoms with van der Waals surface area (Å²) in [5, 5.41) is 3.79. The number of ketones is 1. The molecule has 7 heteroatoms. The molecule has 0 aliphatic rings. The third-order valence-electron chi connectivity index (χ3n) is 2.92. The van der Waals surface area contributed by atoms with E-state index in [9.17, 15) is 18.0 Å². The summed E-state index contributed by atoms with van der Waals surface area (Å²) in [6.45, 7) is 2.11. The van der Waals surface area contributed by atoms with Gasteiger partial charge in [-0.05, 0) is 13.0 Å². The summed E-state index contributed by atoms with van der Waals surface area (Å²) in [7, 11) is 1.51. The Bertz CT molecular complexity index is 662. The number of carbonyl (C=O) groups excluding carboxylic acids is 1. The van der Waals surface area contributed by atoms with Crippen molar-refractivity contribution in [2.45, 2.75) is 19.6 Å². The van der Waals surface area contributed by atoms with Crippen LogP contribution in [0.5, 0.6) is 5.75 Å². The van der Waals surface area contributed by atoms with E-state index in [4.69, 9.17) is 4.74 Å². The fourth-order valence-corrected chi connectivity index (χ4v) is 1.94. The summed E-state index contributed by atoms with van der Waals surface area (Å²) >= 11 is 0. The van der Waals surface area contributed by atoms with Crippen molar-refractivity contribution in [1.29, 1.82) is 0 Å². The average molecular weight is 298 g/mol. The fourth-order valence-electron chi connectivity index (χ4n) is 1.94. The van der Waals surface area contributed by atoms with Crippen molar-refractivity contribution in [3.8, 4) is 5.75 Å². The van der Waals surface area contributed by atoms with Crippen molar-refractivity contribution in [2.24, 2.45) is 0 Å². The minimum absolute atomic E-state index is 0.218. The number of methoxy groups -OCH3 is 1. The molecule has 0 N–H and O–H groups in total. The van der Waals surface area contributed by atoms with Gasteiger partial charge < -0.3 is 4.74 Å². The minimum atomic E-state index is -4.89. The molecule has 0 spiro atoms. The molecule has 0 aliphatic heterocycles. The van der Waals surface area contributed by atoms with E-state index in [2.05, 4.69) is 5.10 Å². The molecule has 0 unspecified atom stereocenters. The Hall–Kier alpha value is -2.31. The van der Waals surface area contributed by atoms with Crippen LogP contribution in [0.25, 0.3) is 0 Å². The van der Waals surface area contributed by atoms with Gasteiger partial charge in [0.25, 0.3) is 5.78 Å². The number of hydrogen-bond donors (Lipinski definition) is 0. The average Bonchev–Trinajstić information content (AvgIpc) is 2.85. The van der Waals surface area contributed by atoms with Crippen LogP contribution in [-0.4, -0.2) is 28.8 Å². The quantitative estimate of drug-likeness (QED) is 0.815. The maximum Gasteiger partial charge on any atom is 0.454 e. The second-order valence-corrected chi connectivity index (χ2v) is 4.57. The highest BCUT2D eigenvalue weighted by Crippen LogP contribution is 2.23. The monoisotopic (exact) mass is 298 g/mol. The van der Waals surface area contributed by atoms with E-state index in [1.807, 2.05) is 19.1 Å². The lowest BCUT2D eigenvalue weighted by atomic mass is 10.1. The zero-order chi connectivity index (χ0) is 15.6. The number of rotatable bonds is 4. The molecule has 0 amide bonds. The van der Waals surface area contributed by atoms with Gasteiger partial charge in [-0.2, -0.15) is 18.3 Å². The Morgan fingerprint density at radius 1 is 1.38 bits per heavy atom. The lowest BCUT2D eigenvalue weighted by Crippen LogP contribution is -2.22. The van der Waals surface area contributed by atoms with Crippen LogP contribution in [0.3, 0.4) is 0 Å². The van der Waals surface area contributed by atoms with E-state index in [-0.39, 0.29) is 6.54 Å². The molecule has 0 saturated heterocycles. The Morgan fingerprint density at radius 2 is 2.10 bits per heavy atom. The summed E-state index contributed by atoms with van der Waals surface area (Å²) in [6, 6.07) is 5.49. The first kappa shape index (κ1) is 15.1. The van der Waals surface area contributed by atoms with Gasteiger partial charge in [-0.1, -0.05) is 17.7 Å². The van der Waals surface area contributed by atoms with Gasteiger partial charge in [-0.25, -0.2) is 0 Å². The van der Waals surface area contributed by atoms with E-state index < -0.39 is 17.5 Å². The Kier molecular flexibility index (Phi) is 4.02. The van der Waals surface area contributed by atoms with Crippen LogP contribution in [-0.2, 0) is 6.54 Å². The number of hydrogen-bond acceptors (Lipinski definition) is 3. The normalized spacial score (nSPS) is 11.5. The first-order valence-corrected chi connectivity index (χ1v) is 6.09. The molecule has 1 heterocycles. The van der Waals surface area contributed by atoms with Crippen LogP contribution in [0.15, 0.2) is 30.6 Å². The van der Waals surface area contributed by atoms with E-state index in [0.717, 1.165) is 23.5 Å². The number of halogens is 3. The van der Waals surface area contributed by atoms with Crippen molar-refractivity contribution >= 4 is 5.78 Å². The van der Waals surface area contributed by atoms with Crippen molar-refractivity contribution in [3.63, 3.8) is 0 Å².